The summed E-state index contributed by atoms with van der Waals surface area (Å²) in [6.07, 6.45) is 3.77. The molecule has 0 aromatic carbocycles. The lowest BCUT2D eigenvalue weighted by molar-refractivity contribution is 0.516. The van der Waals surface area contributed by atoms with Gasteiger partial charge in [-0.05, 0) is 39.2 Å². The molecule has 1 rings (SSSR count). The van der Waals surface area contributed by atoms with Crippen LogP contribution in [0.5, 0.6) is 0 Å². The van der Waals surface area contributed by atoms with E-state index in [4.69, 9.17) is 11.6 Å². The first-order chi connectivity index (χ1) is 4.54. The third kappa shape index (κ3) is 1.53. The molecule has 0 saturated carbocycles. The van der Waals surface area contributed by atoms with Crippen LogP contribution in [-0.4, -0.2) is 11.2 Å². The minimum Gasteiger partial charge on any atom is -0.270 e. The predicted octanol–water partition coefficient (Wildman–Crippen LogP) is 2.98. The van der Waals surface area contributed by atoms with E-state index in [0.29, 0.717) is 5.92 Å². The van der Waals surface area contributed by atoms with Crippen LogP contribution in [0, 0.1) is 5.92 Å². The van der Waals surface area contributed by atoms with Gasteiger partial charge in [0.15, 0.2) is 0 Å². The fourth-order valence-electron chi connectivity index (χ4n) is 0.762. The van der Waals surface area contributed by atoms with Gasteiger partial charge in [-0.1, -0.05) is 18.5 Å². The van der Waals surface area contributed by atoms with E-state index in [1.54, 1.807) is 6.21 Å². The van der Waals surface area contributed by atoms with Crippen LogP contribution in [0.1, 0.15) is 13.8 Å². The third-order valence-corrected chi connectivity index (χ3v) is 3.48. The highest BCUT2D eigenvalue weighted by molar-refractivity contribution is 14.1. The second-order valence-corrected chi connectivity index (χ2v) is 4.59. The Morgan fingerprint density at radius 2 is 2.40 bits per heavy atom. The summed E-state index contributed by atoms with van der Waals surface area (Å²) in [5, 5.41) is 0. The first kappa shape index (κ1) is 8.53. The number of dihydropyridines is 1. The summed E-state index contributed by atoms with van der Waals surface area (Å²) < 4.78 is 1.27. The number of allylic oxidation sites excluding steroid dienone is 1. The Hall–Kier alpha value is 0.430. The van der Waals surface area contributed by atoms with Crippen LogP contribution in [0.25, 0.3) is 0 Å². The molecule has 0 fully saturated rings. The largest absolute Gasteiger partial charge is 0.270 e. The summed E-state index contributed by atoms with van der Waals surface area (Å²) in [6.45, 7) is 4.02. The summed E-state index contributed by atoms with van der Waals surface area (Å²) in [5.41, 5.74) is 0. The van der Waals surface area contributed by atoms with Crippen LogP contribution in [0.3, 0.4) is 0 Å². The van der Waals surface area contributed by atoms with Gasteiger partial charge in [0.1, 0.15) is 5.00 Å². The Labute approximate surface area is 79.7 Å². The molecule has 0 N–H and O–H groups in total. The van der Waals surface area contributed by atoms with E-state index < -0.39 is 5.00 Å². The normalized spacial score (nSPS) is 39.6. The average Bonchev–Trinajstić information content (AvgIpc) is 1.83. The molecule has 1 aliphatic heterocycles. The lowest BCUT2D eigenvalue weighted by Gasteiger charge is -2.27. The summed E-state index contributed by atoms with van der Waals surface area (Å²) >= 11 is 8.37. The molecule has 0 aliphatic carbocycles. The lowest BCUT2D eigenvalue weighted by atomic mass is 10.0. The van der Waals surface area contributed by atoms with E-state index in [0.717, 1.165) is 0 Å². The molecule has 0 radical (unpaired) electrons. The van der Waals surface area contributed by atoms with Crippen molar-refractivity contribution >= 4 is 40.4 Å². The molecule has 10 heavy (non-hydrogen) atoms. The fourth-order valence-corrected chi connectivity index (χ4v) is 1.89. The highest BCUT2D eigenvalue weighted by Crippen LogP contribution is 2.36. The minimum atomic E-state index is -0.425. The van der Waals surface area contributed by atoms with Gasteiger partial charge in [0, 0.05) is 12.1 Å². The highest BCUT2D eigenvalue weighted by Gasteiger charge is 2.30. The van der Waals surface area contributed by atoms with Crippen LogP contribution in [0.15, 0.2) is 14.6 Å². The number of halogens is 2. The Balaban J connectivity index is 2.89. The number of alkyl halides is 1. The second-order valence-electron chi connectivity index (χ2n) is 2.58. The fraction of sp³-hybridized carbons (Fsp3) is 0.571. The predicted molar refractivity (Wildman–Crippen MR) is 54.0 cm³/mol. The van der Waals surface area contributed by atoms with Crippen molar-refractivity contribution < 1.29 is 0 Å². The van der Waals surface area contributed by atoms with Gasteiger partial charge in [-0.25, -0.2) is 0 Å². The van der Waals surface area contributed by atoms with Crippen LogP contribution in [-0.2, 0) is 0 Å². The second kappa shape index (κ2) is 2.81. The Bertz CT molecular complexity index is 196. The topological polar surface area (TPSA) is 12.4 Å². The van der Waals surface area contributed by atoms with Crippen molar-refractivity contribution in [3.05, 3.63) is 9.66 Å². The van der Waals surface area contributed by atoms with E-state index >= 15 is 0 Å². The van der Waals surface area contributed by atoms with Crippen LogP contribution in [0.2, 0.25) is 0 Å². The molecule has 56 valence electrons. The number of hydrogen-bond donors (Lipinski definition) is 0. The van der Waals surface area contributed by atoms with Crippen LogP contribution < -0.4 is 0 Å². The van der Waals surface area contributed by atoms with Crippen molar-refractivity contribution in [2.24, 2.45) is 10.9 Å². The summed E-state index contributed by atoms with van der Waals surface area (Å²) in [5.74, 6) is 0.333. The minimum absolute atomic E-state index is 0.333. The Kier molecular flexibility index (Phi) is 2.40. The molecular weight excluding hydrogens is 260 g/mol. The van der Waals surface area contributed by atoms with Gasteiger partial charge in [-0.15, -0.1) is 0 Å². The number of aliphatic imine (C=N–C) groups is 1. The van der Waals surface area contributed by atoms with Crippen molar-refractivity contribution in [1.82, 2.24) is 0 Å². The highest BCUT2D eigenvalue weighted by atomic mass is 127. The van der Waals surface area contributed by atoms with E-state index in [9.17, 15) is 0 Å². The molecule has 0 saturated heterocycles. The van der Waals surface area contributed by atoms with Crippen molar-refractivity contribution in [2.45, 2.75) is 18.8 Å². The van der Waals surface area contributed by atoms with Crippen molar-refractivity contribution in [3.63, 3.8) is 0 Å². The lowest BCUT2D eigenvalue weighted by Crippen LogP contribution is -2.26. The molecule has 2 atom stereocenters. The maximum Gasteiger partial charge on any atom is 0.138 e. The Morgan fingerprint density at radius 3 is 2.80 bits per heavy atom. The third-order valence-electron chi connectivity index (χ3n) is 1.76. The number of hydrogen-bond acceptors (Lipinski definition) is 1. The van der Waals surface area contributed by atoms with Gasteiger partial charge in [0.25, 0.3) is 0 Å². The summed E-state index contributed by atoms with van der Waals surface area (Å²) in [4.78, 5) is 3.73. The van der Waals surface area contributed by atoms with E-state index in [-0.39, 0.29) is 0 Å². The monoisotopic (exact) mass is 269 g/mol. The zero-order valence-electron chi connectivity index (χ0n) is 5.94. The molecule has 1 nitrogen and oxygen atoms in total. The van der Waals surface area contributed by atoms with Crippen molar-refractivity contribution in [2.75, 3.05) is 0 Å². The molecule has 3 heteroatoms. The van der Waals surface area contributed by atoms with Gasteiger partial charge in [0.05, 0.1) is 0 Å². The summed E-state index contributed by atoms with van der Waals surface area (Å²) in [7, 11) is 0. The van der Waals surface area contributed by atoms with Gasteiger partial charge >= 0.3 is 0 Å². The molecule has 0 bridgehead atoms. The zero-order valence-corrected chi connectivity index (χ0v) is 8.85. The number of nitrogens with zero attached hydrogens (tertiary/aromatic N) is 1. The zero-order chi connectivity index (χ0) is 7.78. The molecule has 0 aromatic rings. The molecular formula is C7H9ClIN. The van der Waals surface area contributed by atoms with Gasteiger partial charge < -0.3 is 0 Å². The first-order valence-electron chi connectivity index (χ1n) is 3.14. The van der Waals surface area contributed by atoms with E-state index in [1.165, 1.54) is 3.58 Å². The number of rotatable bonds is 0. The molecule has 2 unspecified atom stereocenters. The maximum atomic E-state index is 6.07. The molecule has 0 spiro atoms. The van der Waals surface area contributed by atoms with Crippen LogP contribution >= 0.6 is 34.2 Å². The van der Waals surface area contributed by atoms with Crippen molar-refractivity contribution in [3.8, 4) is 0 Å². The maximum absolute atomic E-state index is 6.07. The smallest absolute Gasteiger partial charge is 0.138 e. The van der Waals surface area contributed by atoms with E-state index in [2.05, 4.69) is 34.5 Å². The van der Waals surface area contributed by atoms with Gasteiger partial charge in [0.2, 0.25) is 0 Å². The molecule has 0 aromatic heterocycles. The molecule has 1 aliphatic rings. The quantitative estimate of drug-likeness (QED) is 0.364. The Morgan fingerprint density at radius 1 is 1.80 bits per heavy atom. The van der Waals surface area contributed by atoms with Crippen molar-refractivity contribution in [1.29, 1.82) is 0 Å². The van der Waals surface area contributed by atoms with Crippen LogP contribution in [0.4, 0.5) is 0 Å². The summed E-state index contributed by atoms with van der Waals surface area (Å²) in [6, 6.07) is 0. The first-order valence-corrected chi connectivity index (χ1v) is 4.59. The average molecular weight is 270 g/mol. The van der Waals surface area contributed by atoms with Gasteiger partial charge in [-0.3, -0.25) is 4.99 Å². The van der Waals surface area contributed by atoms with Gasteiger partial charge in [-0.2, -0.15) is 0 Å². The van der Waals surface area contributed by atoms with E-state index in [1.807, 2.05) is 13.0 Å². The SMILES string of the molecule is CC1C(I)=CC=NC1(C)Cl. The standard InChI is InChI=1S/C7H9ClIN/c1-5-6(9)3-4-10-7(5,2)8/h3-5H,1-2H3. The molecule has 0 amide bonds. The molecule has 1 heterocycles.